The van der Waals surface area contributed by atoms with Gasteiger partial charge in [-0.3, -0.25) is 14.4 Å². The highest BCUT2D eigenvalue weighted by atomic mass is 32.2. The van der Waals surface area contributed by atoms with Gasteiger partial charge < -0.3 is 25.7 Å². The molecule has 2 heterocycles. The molecule has 0 bridgehead atoms. The zero-order chi connectivity index (χ0) is 25.5. The van der Waals surface area contributed by atoms with Crippen molar-refractivity contribution in [3.05, 3.63) is 30.0 Å². The van der Waals surface area contributed by atoms with E-state index < -0.39 is 23.9 Å². The van der Waals surface area contributed by atoms with Crippen molar-refractivity contribution in [2.75, 3.05) is 19.4 Å². The molecule has 9 nitrogen and oxygen atoms in total. The summed E-state index contributed by atoms with van der Waals surface area (Å²) in [6.07, 6.45) is 5.53. The normalized spacial score (nSPS) is 19.1. The van der Waals surface area contributed by atoms with Gasteiger partial charge >= 0.3 is 0 Å². The molecule has 2 aromatic rings. The van der Waals surface area contributed by atoms with Crippen LogP contribution in [0.3, 0.4) is 0 Å². The van der Waals surface area contributed by atoms with Crippen molar-refractivity contribution in [3.8, 4) is 11.8 Å². The van der Waals surface area contributed by atoms with Gasteiger partial charge in [0.1, 0.15) is 23.5 Å². The summed E-state index contributed by atoms with van der Waals surface area (Å²) in [7, 11) is 1.57. The van der Waals surface area contributed by atoms with E-state index in [1.54, 1.807) is 13.2 Å². The average molecular weight is 512 g/mol. The third kappa shape index (κ3) is 6.72. The van der Waals surface area contributed by atoms with Crippen LogP contribution in [0, 0.1) is 17.2 Å². The number of hydrogen-bond acceptors (Lipinski definition) is 6. The minimum Gasteiger partial charge on any atom is -0.496 e. The highest BCUT2D eigenvalue weighted by Crippen LogP contribution is 2.34. The third-order valence-corrected chi connectivity index (χ3v) is 8.08. The standard InChI is InChI=1S/C26H33N5O4S/c1-35-23-8-2-6-20-19(23)14-22(30-20)26(34)31-21(7-4-12-36-18-9-10-18)25(33)29-17(15-27)13-16-5-3-11-28-24(16)32/h2,6,8,14,16-18,21,30H,3-5,7,9-13H2,1H3,(H,28,32)(H,29,33)(H,31,34)/t16-,17-,21?/m0/s1. The number of carbonyl (C=O) groups excluding carboxylic acids is 3. The van der Waals surface area contributed by atoms with Gasteiger partial charge in [0.15, 0.2) is 0 Å². The maximum atomic E-state index is 13.2. The number of hydrogen-bond donors (Lipinski definition) is 4. The van der Waals surface area contributed by atoms with Gasteiger partial charge in [0.05, 0.1) is 13.2 Å². The number of carbonyl (C=O) groups is 3. The van der Waals surface area contributed by atoms with Crippen molar-refractivity contribution < 1.29 is 19.1 Å². The van der Waals surface area contributed by atoms with Gasteiger partial charge in [-0.1, -0.05) is 6.07 Å². The molecule has 192 valence electrons. The number of ether oxygens (including phenoxy) is 1. The molecule has 4 rings (SSSR count). The molecular formula is C26H33N5O4S. The number of aromatic nitrogens is 1. The number of fused-ring (bicyclic) bond motifs is 1. The van der Waals surface area contributed by atoms with Gasteiger partial charge in [-0.2, -0.15) is 17.0 Å². The Morgan fingerprint density at radius 3 is 2.83 bits per heavy atom. The Balaban J connectivity index is 1.42. The summed E-state index contributed by atoms with van der Waals surface area (Å²) in [6, 6.07) is 7.74. The SMILES string of the molecule is COc1cccc2[nH]c(C(=O)NC(CCCSC3CC3)C(=O)N[C@H](C#N)C[C@@H]3CCCNC3=O)cc12. The summed E-state index contributed by atoms with van der Waals surface area (Å²) >= 11 is 1.90. The van der Waals surface area contributed by atoms with Crippen LogP contribution in [0.15, 0.2) is 24.3 Å². The van der Waals surface area contributed by atoms with Crippen molar-refractivity contribution in [1.29, 1.82) is 5.26 Å². The molecule has 1 aromatic heterocycles. The summed E-state index contributed by atoms with van der Waals surface area (Å²) in [5, 5.41) is 19.6. The van der Waals surface area contributed by atoms with E-state index >= 15 is 0 Å². The molecule has 1 unspecified atom stereocenters. The van der Waals surface area contributed by atoms with E-state index in [-0.39, 0.29) is 18.2 Å². The maximum absolute atomic E-state index is 13.2. The van der Waals surface area contributed by atoms with Gasteiger partial charge in [0.2, 0.25) is 11.8 Å². The van der Waals surface area contributed by atoms with Gasteiger partial charge in [0.25, 0.3) is 5.91 Å². The van der Waals surface area contributed by atoms with Crippen LogP contribution in [0.2, 0.25) is 0 Å². The van der Waals surface area contributed by atoms with Gasteiger partial charge in [-0.15, -0.1) is 0 Å². The fourth-order valence-electron chi connectivity index (χ4n) is 4.47. The lowest BCUT2D eigenvalue weighted by Crippen LogP contribution is -2.50. The monoisotopic (exact) mass is 511 g/mol. The van der Waals surface area contributed by atoms with Crippen LogP contribution in [0.4, 0.5) is 0 Å². The molecule has 10 heteroatoms. The van der Waals surface area contributed by atoms with Crippen molar-refractivity contribution >= 4 is 40.4 Å². The Kier molecular flexibility index (Phi) is 8.75. The van der Waals surface area contributed by atoms with Crippen molar-refractivity contribution in [2.24, 2.45) is 5.92 Å². The first-order valence-corrected chi connectivity index (χ1v) is 13.6. The van der Waals surface area contributed by atoms with E-state index in [1.165, 1.54) is 12.8 Å². The lowest BCUT2D eigenvalue weighted by Gasteiger charge is -2.25. The number of piperidine rings is 1. The molecule has 4 N–H and O–H groups in total. The zero-order valence-electron chi connectivity index (χ0n) is 20.5. The number of nitriles is 1. The Bertz CT molecular complexity index is 1140. The Morgan fingerprint density at radius 1 is 1.28 bits per heavy atom. The molecule has 0 spiro atoms. The highest BCUT2D eigenvalue weighted by Gasteiger charge is 2.29. The fourth-order valence-corrected chi connectivity index (χ4v) is 5.60. The summed E-state index contributed by atoms with van der Waals surface area (Å²) in [4.78, 5) is 41.5. The Labute approximate surface area is 215 Å². The fraction of sp³-hybridized carbons (Fsp3) is 0.538. The first-order chi connectivity index (χ1) is 17.5. The van der Waals surface area contributed by atoms with Crippen LogP contribution in [0.1, 0.15) is 55.4 Å². The molecule has 2 aliphatic rings. The number of nitrogens with zero attached hydrogens (tertiary/aromatic N) is 1. The summed E-state index contributed by atoms with van der Waals surface area (Å²) in [5.74, 6) is 0.384. The van der Waals surface area contributed by atoms with Gasteiger partial charge in [-0.05, 0) is 68.9 Å². The molecule has 1 aliphatic carbocycles. The molecular weight excluding hydrogens is 478 g/mol. The molecule has 0 radical (unpaired) electrons. The number of benzene rings is 1. The molecule has 3 atom stereocenters. The van der Waals surface area contributed by atoms with E-state index in [1.807, 2.05) is 30.0 Å². The minimum atomic E-state index is -0.802. The number of aromatic amines is 1. The van der Waals surface area contributed by atoms with Crippen molar-refractivity contribution in [3.63, 3.8) is 0 Å². The predicted molar refractivity (Wildman–Crippen MR) is 139 cm³/mol. The van der Waals surface area contributed by atoms with Crippen LogP contribution in [-0.2, 0) is 9.59 Å². The second-order valence-electron chi connectivity index (χ2n) is 9.40. The van der Waals surface area contributed by atoms with E-state index in [9.17, 15) is 19.6 Å². The zero-order valence-corrected chi connectivity index (χ0v) is 21.3. The van der Waals surface area contributed by atoms with Crippen molar-refractivity contribution in [2.45, 2.75) is 62.3 Å². The molecule has 3 amide bonds. The largest absolute Gasteiger partial charge is 0.496 e. The van der Waals surface area contributed by atoms with Crippen LogP contribution in [-0.4, -0.2) is 59.4 Å². The lowest BCUT2D eigenvalue weighted by molar-refractivity contribution is -0.128. The summed E-state index contributed by atoms with van der Waals surface area (Å²) < 4.78 is 5.38. The van der Waals surface area contributed by atoms with Crippen LogP contribution < -0.4 is 20.7 Å². The molecule has 36 heavy (non-hydrogen) atoms. The molecule has 1 aliphatic heterocycles. The molecule has 1 saturated heterocycles. The number of amides is 3. The Hall–Kier alpha value is -3.19. The van der Waals surface area contributed by atoms with Crippen LogP contribution in [0.25, 0.3) is 10.9 Å². The molecule has 1 saturated carbocycles. The quantitative estimate of drug-likeness (QED) is 0.324. The van der Waals surface area contributed by atoms with Gasteiger partial charge in [-0.25, -0.2) is 0 Å². The number of thioether (sulfide) groups is 1. The van der Waals surface area contributed by atoms with Crippen LogP contribution >= 0.6 is 11.8 Å². The first-order valence-electron chi connectivity index (χ1n) is 12.5. The highest BCUT2D eigenvalue weighted by molar-refractivity contribution is 8.00. The number of nitrogens with one attached hydrogen (secondary N) is 4. The molecule has 2 fully saturated rings. The predicted octanol–water partition coefficient (Wildman–Crippen LogP) is 2.88. The van der Waals surface area contributed by atoms with Gasteiger partial charge in [0, 0.05) is 28.6 Å². The summed E-state index contributed by atoms with van der Waals surface area (Å²) in [6.45, 7) is 0.644. The smallest absolute Gasteiger partial charge is 0.268 e. The van der Waals surface area contributed by atoms with Crippen molar-refractivity contribution in [1.82, 2.24) is 20.9 Å². The van der Waals surface area contributed by atoms with E-state index in [4.69, 9.17) is 4.74 Å². The number of methoxy groups -OCH3 is 1. The number of H-pyrrole nitrogens is 1. The maximum Gasteiger partial charge on any atom is 0.268 e. The number of rotatable bonds is 12. The Morgan fingerprint density at radius 2 is 2.11 bits per heavy atom. The minimum absolute atomic E-state index is 0.0769. The first kappa shape index (κ1) is 25.9. The second kappa shape index (κ2) is 12.2. The third-order valence-electron chi connectivity index (χ3n) is 6.62. The van der Waals surface area contributed by atoms with E-state index in [2.05, 4.69) is 27.0 Å². The van der Waals surface area contributed by atoms with E-state index in [0.29, 0.717) is 30.8 Å². The average Bonchev–Trinajstić information content (AvgIpc) is 3.60. The van der Waals surface area contributed by atoms with E-state index in [0.717, 1.165) is 34.7 Å². The topological polar surface area (TPSA) is 136 Å². The van der Waals surface area contributed by atoms with Crippen LogP contribution in [0.5, 0.6) is 5.75 Å². The second-order valence-corrected chi connectivity index (χ2v) is 10.8. The summed E-state index contributed by atoms with van der Waals surface area (Å²) in [5.41, 5.74) is 1.09. The molecule has 1 aromatic carbocycles. The lowest BCUT2D eigenvalue weighted by atomic mass is 9.92.